The lowest BCUT2D eigenvalue weighted by molar-refractivity contribution is -0.133. The van der Waals surface area contributed by atoms with Crippen LogP contribution in [0.15, 0.2) is 5.16 Å². The summed E-state index contributed by atoms with van der Waals surface area (Å²) in [6.45, 7) is 4.33. The minimum atomic E-state index is -0.836. The van der Waals surface area contributed by atoms with Crippen molar-refractivity contribution in [2.24, 2.45) is 13.0 Å². The smallest absolute Gasteiger partial charge is 0.313 e. The van der Waals surface area contributed by atoms with Crippen LogP contribution < -0.4 is 0 Å². The summed E-state index contributed by atoms with van der Waals surface area (Å²) in [7, 11) is 1.87. The first-order valence-corrected chi connectivity index (χ1v) is 6.22. The van der Waals surface area contributed by atoms with Crippen molar-refractivity contribution in [3.63, 3.8) is 0 Å². The molecule has 0 saturated heterocycles. The molecule has 0 atom stereocenters. The molecule has 0 aromatic carbocycles. The summed E-state index contributed by atoms with van der Waals surface area (Å²) in [6, 6.07) is 0. The summed E-state index contributed by atoms with van der Waals surface area (Å²) in [5, 5.41) is 17.3. The van der Waals surface area contributed by atoms with E-state index in [1.165, 1.54) is 11.8 Å². The third-order valence-corrected chi connectivity index (χ3v) is 3.20. The summed E-state index contributed by atoms with van der Waals surface area (Å²) < 4.78 is 1.87. The number of carboxylic acid groups (broad SMARTS) is 1. The number of nitrogens with zero attached hydrogens (tertiary/aromatic N) is 3. The van der Waals surface area contributed by atoms with Crippen molar-refractivity contribution in [2.45, 2.75) is 31.8 Å². The zero-order chi connectivity index (χ0) is 12.1. The van der Waals surface area contributed by atoms with Gasteiger partial charge < -0.3 is 9.67 Å². The summed E-state index contributed by atoms with van der Waals surface area (Å²) >= 11 is 1.20. The van der Waals surface area contributed by atoms with Crippen LogP contribution in [0.5, 0.6) is 0 Å². The van der Waals surface area contributed by atoms with Crippen molar-refractivity contribution < 1.29 is 9.90 Å². The predicted molar refractivity (Wildman–Crippen MR) is 62.5 cm³/mol. The molecule has 5 nitrogen and oxygen atoms in total. The average Bonchev–Trinajstić information content (AvgIpc) is 2.53. The molecule has 0 aliphatic rings. The number of aliphatic carboxylic acids is 1. The second-order valence-electron chi connectivity index (χ2n) is 4.07. The number of thioether (sulfide) groups is 1. The Bertz CT molecular complexity index is 363. The van der Waals surface area contributed by atoms with Gasteiger partial charge in [0.25, 0.3) is 0 Å². The van der Waals surface area contributed by atoms with E-state index in [2.05, 4.69) is 24.0 Å². The van der Waals surface area contributed by atoms with Gasteiger partial charge in [-0.25, -0.2) is 0 Å². The first-order valence-electron chi connectivity index (χ1n) is 5.23. The van der Waals surface area contributed by atoms with E-state index in [-0.39, 0.29) is 5.75 Å². The molecule has 0 radical (unpaired) electrons. The molecule has 16 heavy (non-hydrogen) atoms. The normalized spacial score (nSPS) is 11.0. The van der Waals surface area contributed by atoms with Gasteiger partial charge in [-0.1, -0.05) is 25.6 Å². The van der Waals surface area contributed by atoms with Crippen LogP contribution in [0.1, 0.15) is 26.1 Å². The van der Waals surface area contributed by atoms with Gasteiger partial charge in [0.2, 0.25) is 0 Å². The van der Waals surface area contributed by atoms with Gasteiger partial charge >= 0.3 is 5.97 Å². The van der Waals surface area contributed by atoms with E-state index in [9.17, 15) is 4.79 Å². The summed E-state index contributed by atoms with van der Waals surface area (Å²) in [4.78, 5) is 10.4. The van der Waals surface area contributed by atoms with Crippen molar-refractivity contribution in [3.05, 3.63) is 5.82 Å². The van der Waals surface area contributed by atoms with Crippen LogP contribution in [0.3, 0.4) is 0 Å². The molecule has 0 aliphatic carbocycles. The Balaban J connectivity index is 2.57. The molecule has 0 fully saturated rings. The van der Waals surface area contributed by atoms with Crippen molar-refractivity contribution >= 4 is 17.7 Å². The van der Waals surface area contributed by atoms with Crippen molar-refractivity contribution in [2.75, 3.05) is 5.75 Å². The SMILES string of the molecule is CC(C)CCc1nnc(SCC(=O)O)n1C. The molecule has 0 spiro atoms. The second kappa shape index (κ2) is 5.89. The molecular formula is C10H17N3O2S. The first-order chi connectivity index (χ1) is 7.50. The topological polar surface area (TPSA) is 68.0 Å². The number of carbonyl (C=O) groups is 1. The lowest BCUT2D eigenvalue weighted by Crippen LogP contribution is -2.03. The fourth-order valence-corrected chi connectivity index (χ4v) is 1.88. The van der Waals surface area contributed by atoms with Crippen molar-refractivity contribution in [1.29, 1.82) is 0 Å². The van der Waals surface area contributed by atoms with Crippen LogP contribution in [0.4, 0.5) is 0 Å². The molecule has 6 heteroatoms. The Morgan fingerprint density at radius 3 is 2.75 bits per heavy atom. The van der Waals surface area contributed by atoms with Gasteiger partial charge in [-0.2, -0.15) is 0 Å². The van der Waals surface area contributed by atoms with Crippen LogP contribution in [-0.2, 0) is 18.3 Å². The van der Waals surface area contributed by atoms with E-state index >= 15 is 0 Å². The van der Waals surface area contributed by atoms with Crippen LogP contribution >= 0.6 is 11.8 Å². The maximum atomic E-state index is 10.4. The van der Waals surface area contributed by atoms with Gasteiger partial charge in [0.15, 0.2) is 5.16 Å². The van der Waals surface area contributed by atoms with Gasteiger partial charge in [0, 0.05) is 13.5 Å². The molecule has 0 unspecified atom stereocenters. The van der Waals surface area contributed by atoms with Crippen LogP contribution in [-0.4, -0.2) is 31.6 Å². The Kier molecular flexibility index (Phi) is 4.79. The van der Waals surface area contributed by atoms with Gasteiger partial charge in [0.05, 0.1) is 5.75 Å². The average molecular weight is 243 g/mol. The van der Waals surface area contributed by atoms with Gasteiger partial charge in [-0.15, -0.1) is 10.2 Å². The number of aryl methyl sites for hydroxylation is 1. The third-order valence-electron chi connectivity index (χ3n) is 2.20. The Hall–Kier alpha value is -1.04. The Morgan fingerprint density at radius 1 is 1.50 bits per heavy atom. The van der Waals surface area contributed by atoms with Crippen LogP contribution in [0.25, 0.3) is 0 Å². The third kappa shape index (κ3) is 3.84. The minimum Gasteiger partial charge on any atom is -0.481 e. The highest BCUT2D eigenvalue weighted by atomic mass is 32.2. The molecule has 1 rings (SSSR count). The fourth-order valence-electron chi connectivity index (χ4n) is 1.23. The summed E-state index contributed by atoms with van der Waals surface area (Å²) in [5.41, 5.74) is 0. The monoisotopic (exact) mass is 243 g/mol. The molecule has 0 amide bonds. The van der Waals surface area contributed by atoms with E-state index in [0.717, 1.165) is 18.7 Å². The van der Waals surface area contributed by atoms with E-state index in [1.54, 1.807) is 0 Å². The van der Waals surface area contributed by atoms with Gasteiger partial charge in [-0.05, 0) is 12.3 Å². The number of carboxylic acids is 1. The molecule has 0 aliphatic heterocycles. The molecule has 0 saturated carbocycles. The highest BCUT2D eigenvalue weighted by Crippen LogP contribution is 2.16. The number of aromatic nitrogens is 3. The molecule has 1 aromatic rings. The van der Waals surface area contributed by atoms with E-state index in [0.29, 0.717) is 11.1 Å². The highest BCUT2D eigenvalue weighted by Gasteiger charge is 2.10. The maximum absolute atomic E-state index is 10.4. The quantitative estimate of drug-likeness (QED) is 0.768. The van der Waals surface area contributed by atoms with E-state index in [4.69, 9.17) is 5.11 Å². The van der Waals surface area contributed by atoms with E-state index < -0.39 is 5.97 Å². The van der Waals surface area contributed by atoms with Crippen LogP contribution in [0, 0.1) is 5.92 Å². The van der Waals surface area contributed by atoms with Gasteiger partial charge in [-0.3, -0.25) is 4.79 Å². The Labute approximate surface area is 99.3 Å². The lowest BCUT2D eigenvalue weighted by Gasteiger charge is -2.04. The summed E-state index contributed by atoms with van der Waals surface area (Å²) in [5.74, 6) is 0.737. The van der Waals surface area contributed by atoms with E-state index in [1.807, 2.05) is 11.6 Å². The fraction of sp³-hybridized carbons (Fsp3) is 0.700. The largest absolute Gasteiger partial charge is 0.481 e. The highest BCUT2D eigenvalue weighted by molar-refractivity contribution is 7.99. The molecular weight excluding hydrogens is 226 g/mol. The zero-order valence-electron chi connectivity index (χ0n) is 9.80. The molecule has 0 bridgehead atoms. The first kappa shape index (κ1) is 13.0. The standard InChI is InChI=1S/C10H17N3O2S/c1-7(2)4-5-8-11-12-10(13(8)3)16-6-9(14)15/h7H,4-6H2,1-3H3,(H,14,15). The summed E-state index contributed by atoms with van der Waals surface area (Å²) in [6.07, 6.45) is 1.95. The lowest BCUT2D eigenvalue weighted by atomic mass is 10.1. The predicted octanol–water partition coefficient (Wildman–Crippen LogP) is 1.58. The number of hydrogen-bond acceptors (Lipinski definition) is 4. The molecule has 1 N–H and O–H groups in total. The van der Waals surface area contributed by atoms with Crippen LogP contribution in [0.2, 0.25) is 0 Å². The van der Waals surface area contributed by atoms with Gasteiger partial charge in [0.1, 0.15) is 5.82 Å². The van der Waals surface area contributed by atoms with Crippen molar-refractivity contribution in [3.8, 4) is 0 Å². The Morgan fingerprint density at radius 2 is 2.19 bits per heavy atom. The number of rotatable bonds is 6. The molecule has 1 heterocycles. The van der Waals surface area contributed by atoms with Crippen molar-refractivity contribution in [1.82, 2.24) is 14.8 Å². The molecule has 90 valence electrons. The zero-order valence-corrected chi connectivity index (χ0v) is 10.6. The second-order valence-corrected chi connectivity index (χ2v) is 5.02. The molecule has 1 aromatic heterocycles. The minimum absolute atomic E-state index is 0.0240. The number of hydrogen-bond donors (Lipinski definition) is 1. The maximum Gasteiger partial charge on any atom is 0.313 e.